The minimum absolute atomic E-state index is 0.333. The first-order valence-electron chi connectivity index (χ1n) is 9.52. The SMILES string of the molecule is COC(=O)c1c(NC(=S)N2CCN(Cc3cccc(OC)c3)CC2)sc(C)c1C. The molecule has 1 aromatic heterocycles. The van der Waals surface area contributed by atoms with E-state index in [1.165, 1.54) is 24.0 Å². The van der Waals surface area contributed by atoms with Gasteiger partial charge < -0.3 is 19.7 Å². The molecule has 2 aromatic rings. The zero-order chi connectivity index (χ0) is 21.0. The number of carbonyl (C=O) groups is 1. The molecule has 6 nitrogen and oxygen atoms in total. The van der Waals surface area contributed by atoms with E-state index in [-0.39, 0.29) is 5.97 Å². The number of thiocarbonyl (C=S) groups is 1. The molecule has 0 bridgehead atoms. The molecule has 0 atom stereocenters. The fourth-order valence-corrected chi connectivity index (χ4v) is 4.77. The van der Waals surface area contributed by atoms with Crippen molar-refractivity contribution in [2.24, 2.45) is 0 Å². The van der Waals surface area contributed by atoms with Gasteiger partial charge in [-0.15, -0.1) is 11.3 Å². The maximum absolute atomic E-state index is 12.2. The van der Waals surface area contributed by atoms with E-state index in [1.54, 1.807) is 7.11 Å². The second kappa shape index (κ2) is 9.56. The summed E-state index contributed by atoms with van der Waals surface area (Å²) in [5, 5.41) is 4.69. The van der Waals surface area contributed by atoms with Crippen LogP contribution in [-0.2, 0) is 11.3 Å². The molecule has 156 valence electrons. The molecule has 1 fully saturated rings. The second-order valence-corrected chi connectivity index (χ2v) is 8.64. The van der Waals surface area contributed by atoms with E-state index in [0.29, 0.717) is 10.7 Å². The molecule has 1 aromatic carbocycles. The lowest BCUT2D eigenvalue weighted by Gasteiger charge is -2.36. The number of nitrogens with one attached hydrogen (secondary N) is 1. The Morgan fingerprint density at radius 2 is 1.93 bits per heavy atom. The Morgan fingerprint density at radius 3 is 2.59 bits per heavy atom. The summed E-state index contributed by atoms with van der Waals surface area (Å²) in [4.78, 5) is 17.8. The Hall–Kier alpha value is -2.16. The van der Waals surface area contributed by atoms with E-state index in [2.05, 4.69) is 27.2 Å². The smallest absolute Gasteiger partial charge is 0.341 e. The number of benzene rings is 1. The van der Waals surface area contributed by atoms with Gasteiger partial charge in [-0.1, -0.05) is 12.1 Å². The lowest BCUT2D eigenvalue weighted by atomic mass is 10.1. The van der Waals surface area contributed by atoms with Gasteiger partial charge in [0, 0.05) is 37.6 Å². The minimum Gasteiger partial charge on any atom is -0.497 e. The summed E-state index contributed by atoms with van der Waals surface area (Å²) in [5.74, 6) is 0.551. The summed E-state index contributed by atoms with van der Waals surface area (Å²) in [7, 11) is 3.09. The number of esters is 1. The number of thiophene rings is 1. The first kappa shape index (κ1) is 21.5. The van der Waals surface area contributed by atoms with Crippen molar-refractivity contribution in [3.8, 4) is 5.75 Å². The summed E-state index contributed by atoms with van der Waals surface area (Å²) < 4.78 is 10.3. The number of piperazine rings is 1. The average molecular weight is 434 g/mol. The maximum Gasteiger partial charge on any atom is 0.341 e. The van der Waals surface area contributed by atoms with Gasteiger partial charge >= 0.3 is 5.97 Å². The van der Waals surface area contributed by atoms with Gasteiger partial charge in [-0.05, 0) is 49.3 Å². The fraction of sp³-hybridized carbons (Fsp3) is 0.429. The Morgan fingerprint density at radius 1 is 1.21 bits per heavy atom. The Kier molecular flexibility index (Phi) is 7.10. The van der Waals surface area contributed by atoms with Crippen molar-refractivity contribution in [3.63, 3.8) is 0 Å². The molecule has 1 aliphatic heterocycles. The number of ether oxygens (including phenoxy) is 2. The van der Waals surface area contributed by atoms with Crippen LogP contribution in [-0.4, -0.2) is 61.3 Å². The van der Waals surface area contributed by atoms with Gasteiger partial charge in [0.15, 0.2) is 5.11 Å². The van der Waals surface area contributed by atoms with Crippen molar-refractivity contribution < 1.29 is 14.3 Å². The average Bonchev–Trinajstić information content (AvgIpc) is 3.01. The van der Waals surface area contributed by atoms with Crippen molar-refractivity contribution in [1.29, 1.82) is 0 Å². The number of rotatable bonds is 5. The van der Waals surface area contributed by atoms with E-state index in [0.717, 1.165) is 53.9 Å². The molecule has 3 rings (SSSR count). The first-order valence-corrected chi connectivity index (χ1v) is 10.7. The second-order valence-electron chi connectivity index (χ2n) is 7.02. The molecule has 1 N–H and O–H groups in total. The third kappa shape index (κ3) is 5.07. The van der Waals surface area contributed by atoms with Crippen LogP contribution < -0.4 is 10.1 Å². The minimum atomic E-state index is -0.333. The topological polar surface area (TPSA) is 54.0 Å². The van der Waals surface area contributed by atoms with E-state index in [9.17, 15) is 4.79 Å². The molecule has 0 aliphatic carbocycles. The van der Waals surface area contributed by atoms with Crippen LogP contribution >= 0.6 is 23.6 Å². The van der Waals surface area contributed by atoms with Crippen LogP contribution in [0.3, 0.4) is 0 Å². The predicted octanol–water partition coefficient (Wildman–Crippen LogP) is 3.67. The number of methoxy groups -OCH3 is 2. The highest BCUT2D eigenvalue weighted by molar-refractivity contribution is 7.80. The predicted molar refractivity (Wildman–Crippen MR) is 121 cm³/mol. The zero-order valence-electron chi connectivity index (χ0n) is 17.3. The Balaban J connectivity index is 1.58. The van der Waals surface area contributed by atoms with Crippen LogP contribution in [0.25, 0.3) is 0 Å². The highest BCUT2D eigenvalue weighted by Crippen LogP contribution is 2.33. The van der Waals surface area contributed by atoms with Crippen molar-refractivity contribution in [3.05, 3.63) is 45.8 Å². The number of aryl methyl sites for hydroxylation is 1. The van der Waals surface area contributed by atoms with Crippen molar-refractivity contribution >= 4 is 39.6 Å². The lowest BCUT2D eigenvalue weighted by Crippen LogP contribution is -2.49. The third-order valence-corrected chi connectivity index (χ3v) is 6.68. The van der Waals surface area contributed by atoms with Gasteiger partial charge in [0.05, 0.1) is 19.8 Å². The third-order valence-electron chi connectivity index (χ3n) is 5.20. The largest absolute Gasteiger partial charge is 0.497 e. The summed E-state index contributed by atoms with van der Waals surface area (Å²) in [6.07, 6.45) is 0. The molecule has 29 heavy (non-hydrogen) atoms. The number of nitrogens with zero attached hydrogens (tertiary/aromatic N) is 2. The molecule has 1 aliphatic rings. The summed E-state index contributed by atoms with van der Waals surface area (Å²) in [6, 6.07) is 8.18. The van der Waals surface area contributed by atoms with Gasteiger partial charge in [0.1, 0.15) is 10.8 Å². The van der Waals surface area contributed by atoms with Gasteiger partial charge in [-0.2, -0.15) is 0 Å². The van der Waals surface area contributed by atoms with Crippen LogP contribution in [0.2, 0.25) is 0 Å². The summed E-state index contributed by atoms with van der Waals surface area (Å²) >= 11 is 7.16. The highest BCUT2D eigenvalue weighted by Gasteiger charge is 2.24. The van der Waals surface area contributed by atoms with Crippen LogP contribution in [0.15, 0.2) is 24.3 Å². The van der Waals surface area contributed by atoms with Crippen molar-refractivity contribution in [2.45, 2.75) is 20.4 Å². The van der Waals surface area contributed by atoms with E-state index < -0.39 is 0 Å². The monoisotopic (exact) mass is 433 g/mol. The highest BCUT2D eigenvalue weighted by atomic mass is 32.1. The molecule has 0 radical (unpaired) electrons. The fourth-order valence-electron chi connectivity index (χ4n) is 3.38. The quantitative estimate of drug-likeness (QED) is 0.570. The van der Waals surface area contributed by atoms with Gasteiger partial charge in [-0.25, -0.2) is 4.79 Å². The van der Waals surface area contributed by atoms with Crippen molar-refractivity contribution in [2.75, 3.05) is 45.7 Å². The molecule has 0 amide bonds. The Labute approximate surface area is 181 Å². The lowest BCUT2D eigenvalue weighted by molar-refractivity contribution is 0.0601. The van der Waals surface area contributed by atoms with Gasteiger partial charge in [0.25, 0.3) is 0 Å². The number of anilines is 1. The number of hydrogen-bond acceptors (Lipinski definition) is 6. The van der Waals surface area contributed by atoms with Crippen LogP contribution in [0.5, 0.6) is 5.75 Å². The molecule has 2 heterocycles. The summed E-state index contributed by atoms with van der Waals surface area (Å²) in [6.45, 7) is 8.35. The first-order chi connectivity index (χ1) is 13.9. The van der Waals surface area contributed by atoms with E-state index >= 15 is 0 Å². The van der Waals surface area contributed by atoms with E-state index in [1.807, 2.05) is 26.0 Å². The Bertz CT molecular complexity index is 889. The van der Waals surface area contributed by atoms with Crippen LogP contribution in [0.1, 0.15) is 26.4 Å². The molecule has 0 unspecified atom stereocenters. The van der Waals surface area contributed by atoms with Crippen LogP contribution in [0, 0.1) is 13.8 Å². The molecule has 0 spiro atoms. The maximum atomic E-state index is 12.2. The zero-order valence-corrected chi connectivity index (χ0v) is 18.9. The number of carbonyl (C=O) groups excluding carboxylic acids is 1. The molecule has 0 saturated carbocycles. The normalized spacial score (nSPS) is 14.6. The van der Waals surface area contributed by atoms with Crippen LogP contribution in [0.4, 0.5) is 5.00 Å². The number of hydrogen-bond donors (Lipinski definition) is 1. The molecule has 1 saturated heterocycles. The van der Waals surface area contributed by atoms with Crippen molar-refractivity contribution in [1.82, 2.24) is 9.80 Å². The molecular formula is C21H27N3O3S2. The molecule has 8 heteroatoms. The van der Waals surface area contributed by atoms with Gasteiger partial charge in [-0.3, -0.25) is 4.90 Å². The summed E-state index contributed by atoms with van der Waals surface area (Å²) in [5.41, 5.74) is 2.76. The standard InChI is InChI=1S/C21H27N3O3S2/c1-14-15(2)29-19(18(14)20(25)27-4)22-21(28)24-10-8-23(9-11-24)13-16-6-5-7-17(12-16)26-3/h5-7,12H,8-11,13H2,1-4H3,(H,22,28). The van der Waals surface area contributed by atoms with E-state index in [4.69, 9.17) is 21.7 Å². The molecular weight excluding hydrogens is 406 g/mol. The van der Waals surface area contributed by atoms with Gasteiger partial charge in [0.2, 0.25) is 0 Å².